The maximum atomic E-state index is 12.9. The van der Waals surface area contributed by atoms with E-state index in [2.05, 4.69) is 0 Å². The molecule has 0 fully saturated rings. The van der Waals surface area contributed by atoms with Crippen LogP contribution in [-0.2, 0) is 0 Å². The van der Waals surface area contributed by atoms with Crippen LogP contribution in [0.25, 0.3) is 0 Å². The Labute approximate surface area is 92.9 Å². The molecule has 0 saturated carbocycles. The van der Waals surface area contributed by atoms with Gasteiger partial charge in [0.15, 0.2) is 0 Å². The van der Waals surface area contributed by atoms with Crippen LogP contribution in [0.4, 0.5) is 8.78 Å². The van der Waals surface area contributed by atoms with Gasteiger partial charge in [-0.2, -0.15) is 0 Å². The predicted molar refractivity (Wildman–Crippen MR) is 57.0 cm³/mol. The summed E-state index contributed by atoms with van der Waals surface area (Å²) >= 11 is 0. The molecule has 1 atom stereocenters. The first-order valence-corrected chi connectivity index (χ1v) is 5.05. The highest BCUT2D eigenvalue weighted by molar-refractivity contribution is 5.89. The van der Waals surface area contributed by atoms with Crippen molar-refractivity contribution in [2.45, 2.75) is 26.2 Å². The second kappa shape index (κ2) is 5.05. The molecule has 1 N–H and O–H groups in total. The van der Waals surface area contributed by atoms with Gasteiger partial charge in [-0.15, -0.1) is 0 Å². The zero-order valence-corrected chi connectivity index (χ0v) is 9.15. The van der Waals surface area contributed by atoms with E-state index in [9.17, 15) is 13.6 Å². The van der Waals surface area contributed by atoms with Crippen molar-refractivity contribution in [3.05, 3.63) is 35.4 Å². The van der Waals surface area contributed by atoms with Gasteiger partial charge in [0.25, 0.3) is 0 Å². The first-order valence-electron chi connectivity index (χ1n) is 5.05. The monoisotopic (exact) mass is 228 g/mol. The lowest BCUT2D eigenvalue weighted by atomic mass is 9.86. The fraction of sp³-hybridized carbons (Fsp3) is 0.417. The Morgan fingerprint density at radius 2 is 1.81 bits per heavy atom. The van der Waals surface area contributed by atoms with Gasteiger partial charge < -0.3 is 5.11 Å². The number of alkyl halides is 2. The second-order valence-corrected chi connectivity index (χ2v) is 4.00. The van der Waals surface area contributed by atoms with Gasteiger partial charge in [-0.25, -0.2) is 13.6 Å². The van der Waals surface area contributed by atoms with Gasteiger partial charge >= 0.3 is 5.97 Å². The lowest BCUT2D eigenvalue weighted by molar-refractivity contribution is 0.0685. The van der Waals surface area contributed by atoms with Crippen LogP contribution in [0, 0.1) is 5.92 Å². The molecule has 0 spiro atoms. The first kappa shape index (κ1) is 12.6. The summed E-state index contributed by atoms with van der Waals surface area (Å²) in [6.45, 7) is 3.32. The van der Waals surface area contributed by atoms with Crippen LogP contribution < -0.4 is 0 Å². The van der Waals surface area contributed by atoms with E-state index in [-0.39, 0.29) is 17.0 Å². The zero-order valence-electron chi connectivity index (χ0n) is 9.15. The largest absolute Gasteiger partial charge is 0.478 e. The average molecular weight is 228 g/mol. The Kier molecular flexibility index (Phi) is 3.99. The van der Waals surface area contributed by atoms with Crippen molar-refractivity contribution in [1.82, 2.24) is 0 Å². The first-order chi connectivity index (χ1) is 7.45. The minimum atomic E-state index is -2.56. The molecule has 0 aliphatic heterocycles. The van der Waals surface area contributed by atoms with Crippen LogP contribution in [0.5, 0.6) is 0 Å². The van der Waals surface area contributed by atoms with Gasteiger partial charge in [-0.3, -0.25) is 0 Å². The number of aromatic carboxylic acids is 1. The van der Waals surface area contributed by atoms with Crippen LogP contribution >= 0.6 is 0 Å². The summed E-state index contributed by atoms with van der Waals surface area (Å²) in [5.74, 6) is -2.50. The van der Waals surface area contributed by atoms with Gasteiger partial charge in [0.05, 0.1) is 5.56 Å². The van der Waals surface area contributed by atoms with E-state index in [0.29, 0.717) is 0 Å². The normalized spacial score (nSPS) is 13.1. The summed E-state index contributed by atoms with van der Waals surface area (Å²) < 4.78 is 25.8. The average Bonchev–Trinajstić information content (AvgIpc) is 2.17. The van der Waals surface area contributed by atoms with Gasteiger partial charge in [-0.1, -0.05) is 32.0 Å². The standard InChI is InChI=1S/C12H14F2O2/c1-7(2)10(11(13)14)8-5-3-4-6-9(8)12(15)16/h3-7,10-11H,1-2H3,(H,15,16). The molecule has 4 heteroatoms. The molecule has 1 unspecified atom stereocenters. The topological polar surface area (TPSA) is 37.3 Å². The summed E-state index contributed by atoms with van der Waals surface area (Å²) in [4.78, 5) is 10.9. The number of carbonyl (C=O) groups is 1. The number of benzene rings is 1. The molecule has 0 aliphatic carbocycles. The summed E-state index contributed by atoms with van der Waals surface area (Å²) in [6.07, 6.45) is -2.56. The van der Waals surface area contributed by atoms with Crippen molar-refractivity contribution in [1.29, 1.82) is 0 Å². The van der Waals surface area contributed by atoms with Crippen LogP contribution in [0.2, 0.25) is 0 Å². The molecule has 88 valence electrons. The Morgan fingerprint density at radius 1 is 1.25 bits per heavy atom. The molecule has 0 aliphatic rings. The van der Waals surface area contributed by atoms with Crippen LogP contribution in [0.1, 0.15) is 35.7 Å². The highest BCUT2D eigenvalue weighted by atomic mass is 19.3. The fourth-order valence-corrected chi connectivity index (χ4v) is 1.77. The van der Waals surface area contributed by atoms with E-state index in [0.717, 1.165) is 0 Å². The predicted octanol–water partition coefficient (Wildman–Crippen LogP) is 3.39. The van der Waals surface area contributed by atoms with E-state index in [1.165, 1.54) is 18.2 Å². The van der Waals surface area contributed by atoms with Crippen LogP contribution in [0.3, 0.4) is 0 Å². The minimum absolute atomic E-state index is 0.0403. The van der Waals surface area contributed by atoms with Gasteiger partial charge in [0, 0.05) is 5.92 Å². The molecule has 1 rings (SSSR count). The van der Waals surface area contributed by atoms with Gasteiger partial charge in [-0.05, 0) is 17.5 Å². The molecule has 0 radical (unpaired) electrons. The zero-order chi connectivity index (χ0) is 12.3. The molecule has 0 aromatic heterocycles. The van der Waals surface area contributed by atoms with Crippen molar-refractivity contribution in [3.63, 3.8) is 0 Å². The van der Waals surface area contributed by atoms with Crippen molar-refractivity contribution < 1.29 is 18.7 Å². The summed E-state index contributed by atoms with van der Waals surface area (Å²) in [6, 6.07) is 5.94. The third-order valence-corrected chi connectivity index (χ3v) is 2.54. The number of hydrogen-bond acceptors (Lipinski definition) is 1. The molecule has 2 nitrogen and oxygen atoms in total. The summed E-state index contributed by atoms with van der Waals surface area (Å²) in [5, 5.41) is 8.93. The van der Waals surface area contributed by atoms with E-state index in [4.69, 9.17) is 5.11 Å². The van der Waals surface area contributed by atoms with Crippen molar-refractivity contribution in [2.75, 3.05) is 0 Å². The summed E-state index contributed by atoms with van der Waals surface area (Å²) in [5.41, 5.74) is 0.168. The van der Waals surface area contributed by atoms with Gasteiger partial charge in [0.1, 0.15) is 0 Å². The number of rotatable bonds is 4. The summed E-state index contributed by atoms with van der Waals surface area (Å²) in [7, 11) is 0. The fourth-order valence-electron chi connectivity index (χ4n) is 1.77. The highest BCUT2D eigenvalue weighted by Gasteiger charge is 2.29. The molecule has 16 heavy (non-hydrogen) atoms. The quantitative estimate of drug-likeness (QED) is 0.857. The lowest BCUT2D eigenvalue weighted by Crippen LogP contribution is -2.18. The number of carboxylic acids is 1. The smallest absolute Gasteiger partial charge is 0.335 e. The third kappa shape index (κ3) is 2.56. The third-order valence-electron chi connectivity index (χ3n) is 2.54. The van der Waals surface area contributed by atoms with Crippen molar-refractivity contribution in [2.24, 2.45) is 5.92 Å². The van der Waals surface area contributed by atoms with E-state index >= 15 is 0 Å². The molecular weight excluding hydrogens is 214 g/mol. The molecule has 0 bridgehead atoms. The molecule has 0 amide bonds. The van der Waals surface area contributed by atoms with E-state index in [1.807, 2.05) is 0 Å². The number of hydrogen-bond donors (Lipinski definition) is 1. The van der Waals surface area contributed by atoms with Crippen molar-refractivity contribution >= 4 is 5.97 Å². The SMILES string of the molecule is CC(C)C(c1ccccc1C(=O)O)C(F)F. The molecule has 1 aromatic carbocycles. The Balaban J connectivity index is 3.23. The maximum Gasteiger partial charge on any atom is 0.335 e. The lowest BCUT2D eigenvalue weighted by Gasteiger charge is -2.21. The van der Waals surface area contributed by atoms with Gasteiger partial charge in [0.2, 0.25) is 6.43 Å². The number of halogens is 2. The van der Waals surface area contributed by atoms with E-state index in [1.54, 1.807) is 19.9 Å². The second-order valence-electron chi connectivity index (χ2n) is 4.00. The molecule has 1 aromatic rings. The molecule has 0 saturated heterocycles. The van der Waals surface area contributed by atoms with Crippen LogP contribution in [-0.4, -0.2) is 17.5 Å². The maximum absolute atomic E-state index is 12.9. The molecular formula is C12H14F2O2. The Hall–Kier alpha value is -1.45. The minimum Gasteiger partial charge on any atom is -0.478 e. The Bertz CT molecular complexity index is 367. The Morgan fingerprint density at radius 3 is 2.25 bits per heavy atom. The highest BCUT2D eigenvalue weighted by Crippen LogP contribution is 2.32. The van der Waals surface area contributed by atoms with E-state index < -0.39 is 18.3 Å². The molecule has 0 heterocycles. The van der Waals surface area contributed by atoms with Crippen LogP contribution in [0.15, 0.2) is 24.3 Å². The number of carboxylic acid groups (broad SMARTS) is 1. The van der Waals surface area contributed by atoms with Crippen molar-refractivity contribution in [3.8, 4) is 0 Å².